The fourth-order valence-corrected chi connectivity index (χ4v) is 3.68. The number of carboxylic acids is 2. The van der Waals surface area contributed by atoms with E-state index in [-0.39, 0.29) is 19.6 Å². The molecule has 1 fully saturated rings. The minimum atomic E-state index is -1.19. The van der Waals surface area contributed by atoms with Gasteiger partial charge in [0.1, 0.15) is 30.8 Å². The Balaban J connectivity index is 1.50. The second kappa shape index (κ2) is 10.2. The van der Waals surface area contributed by atoms with E-state index in [2.05, 4.69) is 0 Å². The summed E-state index contributed by atoms with van der Waals surface area (Å²) in [5.74, 6) is -0.845. The number of aliphatic hydroxyl groups is 1. The molecule has 1 aliphatic heterocycles. The van der Waals surface area contributed by atoms with Gasteiger partial charge in [-0.15, -0.1) is 0 Å². The minimum Gasteiger partial charge on any atom is -0.491 e. The second-order valence-electron chi connectivity index (χ2n) is 8.81. The molecule has 1 saturated heterocycles. The van der Waals surface area contributed by atoms with Crippen molar-refractivity contribution in [1.82, 2.24) is 0 Å². The van der Waals surface area contributed by atoms with Crippen LogP contribution < -0.4 is 9.47 Å². The number of benzene rings is 2. The van der Waals surface area contributed by atoms with Gasteiger partial charge in [0.15, 0.2) is 5.60 Å². The van der Waals surface area contributed by atoms with Crippen LogP contribution in [0.4, 0.5) is 0 Å². The Bertz CT molecular complexity index is 961. The summed E-state index contributed by atoms with van der Waals surface area (Å²) in [6.45, 7) is 3.69. The van der Waals surface area contributed by atoms with Gasteiger partial charge in [-0.3, -0.25) is 4.79 Å². The highest BCUT2D eigenvalue weighted by atomic mass is 16.5. The third kappa shape index (κ3) is 6.03. The zero-order valence-electron chi connectivity index (χ0n) is 18.8. The Labute approximate surface area is 192 Å². The molecule has 0 aliphatic carbocycles. The van der Waals surface area contributed by atoms with Gasteiger partial charge in [0.2, 0.25) is 0 Å². The summed E-state index contributed by atoms with van der Waals surface area (Å²) in [5.41, 5.74) is -0.763. The van der Waals surface area contributed by atoms with Crippen LogP contribution >= 0.6 is 0 Å². The summed E-state index contributed by atoms with van der Waals surface area (Å²) in [7, 11) is 0. The zero-order chi connectivity index (χ0) is 24.1. The van der Waals surface area contributed by atoms with Gasteiger partial charge in [-0.05, 0) is 62.1 Å². The lowest BCUT2D eigenvalue weighted by Crippen LogP contribution is -2.40. The van der Waals surface area contributed by atoms with Crippen molar-refractivity contribution in [3.05, 3.63) is 59.7 Å². The lowest BCUT2D eigenvalue weighted by atomic mass is 9.85. The summed E-state index contributed by atoms with van der Waals surface area (Å²) in [4.78, 5) is 23.0. The topological polar surface area (TPSA) is 123 Å². The van der Waals surface area contributed by atoms with E-state index in [1.807, 2.05) is 6.07 Å². The summed E-state index contributed by atoms with van der Waals surface area (Å²) in [6.07, 6.45) is 0.541. The molecule has 8 heteroatoms. The Morgan fingerprint density at radius 1 is 1.06 bits per heavy atom. The van der Waals surface area contributed by atoms with Gasteiger partial charge in [-0.25, -0.2) is 4.79 Å². The lowest BCUT2D eigenvalue weighted by Gasteiger charge is -2.23. The molecule has 33 heavy (non-hydrogen) atoms. The first kappa shape index (κ1) is 24.5. The van der Waals surface area contributed by atoms with Gasteiger partial charge in [0.05, 0.1) is 5.41 Å². The molecule has 2 aromatic carbocycles. The fraction of sp³-hybridized carbons (Fsp3) is 0.440. The Kier molecular flexibility index (Phi) is 7.61. The van der Waals surface area contributed by atoms with Gasteiger partial charge in [-0.2, -0.15) is 0 Å². The highest BCUT2D eigenvalue weighted by molar-refractivity contribution is 5.80. The van der Waals surface area contributed by atoms with Crippen LogP contribution in [0.15, 0.2) is 48.5 Å². The summed E-state index contributed by atoms with van der Waals surface area (Å²) in [5, 5.41) is 29.1. The third-order valence-electron chi connectivity index (χ3n) is 5.88. The predicted octanol–water partition coefficient (Wildman–Crippen LogP) is 3.04. The maximum Gasteiger partial charge on any atom is 0.336 e. The van der Waals surface area contributed by atoms with Crippen molar-refractivity contribution in [2.75, 3.05) is 19.8 Å². The second-order valence-corrected chi connectivity index (χ2v) is 8.81. The quantitative estimate of drug-likeness (QED) is 0.470. The van der Waals surface area contributed by atoms with Crippen molar-refractivity contribution in [3.63, 3.8) is 0 Å². The van der Waals surface area contributed by atoms with Gasteiger partial charge < -0.3 is 29.5 Å². The molecule has 3 rings (SSSR count). The predicted molar refractivity (Wildman–Crippen MR) is 120 cm³/mol. The van der Waals surface area contributed by atoms with E-state index < -0.39 is 29.1 Å². The van der Waals surface area contributed by atoms with Crippen LogP contribution in [0.5, 0.6) is 11.5 Å². The van der Waals surface area contributed by atoms with Gasteiger partial charge in [-0.1, -0.05) is 24.3 Å². The van der Waals surface area contributed by atoms with Crippen LogP contribution in [-0.2, 0) is 26.2 Å². The van der Waals surface area contributed by atoms with Crippen LogP contribution in [0.3, 0.4) is 0 Å². The van der Waals surface area contributed by atoms with Crippen molar-refractivity contribution < 1.29 is 39.1 Å². The average Bonchev–Trinajstić information content (AvgIpc) is 3.26. The molecule has 0 radical (unpaired) electrons. The Morgan fingerprint density at radius 3 is 2.30 bits per heavy atom. The fourth-order valence-electron chi connectivity index (χ4n) is 3.68. The molecule has 0 saturated carbocycles. The number of aliphatic hydroxyl groups excluding tert-OH is 1. The van der Waals surface area contributed by atoms with E-state index in [0.717, 1.165) is 5.56 Å². The van der Waals surface area contributed by atoms with E-state index in [1.165, 1.54) is 0 Å². The van der Waals surface area contributed by atoms with Crippen molar-refractivity contribution in [2.45, 2.75) is 50.2 Å². The minimum absolute atomic E-state index is 0.00265. The van der Waals surface area contributed by atoms with Gasteiger partial charge in [0, 0.05) is 13.0 Å². The standard InChI is InChI=1S/C25H30O8/c1-24(2,22(27)28)18-7-9-20(10-8-18)31-15-19(26)16-32-21-6-3-5-17(13-21)14-25(23(29)30)11-4-12-33-25/h3,5-10,13,19,26H,4,11-12,14-16H2,1-2H3,(H,27,28)(H,29,30). The summed E-state index contributed by atoms with van der Waals surface area (Å²) < 4.78 is 16.8. The van der Waals surface area contributed by atoms with Crippen molar-refractivity contribution in [1.29, 1.82) is 0 Å². The number of carboxylic acid groups (broad SMARTS) is 2. The maximum absolute atomic E-state index is 11.7. The van der Waals surface area contributed by atoms with Crippen molar-refractivity contribution in [2.24, 2.45) is 0 Å². The lowest BCUT2D eigenvalue weighted by molar-refractivity contribution is -0.159. The molecule has 178 valence electrons. The number of ether oxygens (including phenoxy) is 3. The molecule has 0 spiro atoms. The number of aliphatic carboxylic acids is 2. The summed E-state index contributed by atoms with van der Waals surface area (Å²) >= 11 is 0. The molecule has 2 aromatic rings. The van der Waals surface area contributed by atoms with E-state index >= 15 is 0 Å². The summed E-state index contributed by atoms with van der Waals surface area (Å²) in [6, 6.07) is 13.8. The van der Waals surface area contributed by atoms with Gasteiger partial charge >= 0.3 is 11.9 Å². The molecule has 0 amide bonds. The molecular weight excluding hydrogens is 428 g/mol. The number of hydrogen-bond donors (Lipinski definition) is 3. The zero-order valence-corrected chi connectivity index (χ0v) is 18.8. The first-order valence-electron chi connectivity index (χ1n) is 10.9. The van der Waals surface area contributed by atoms with E-state index in [4.69, 9.17) is 14.2 Å². The Hall–Kier alpha value is -3.10. The number of carbonyl (C=O) groups is 2. The van der Waals surface area contributed by atoms with Crippen molar-refractivity contribution in [3.8, 4) is 11.5 Å². The molecule has 0 bridgehead atoms. The van der Waals surface area contributed by atoms with Crippen molar-refractivity contribution >= 4 is 11.9 Å². The number of hydrogen-bond acceptors (Lipinski definition) is 6. The third-order valence-corrected chi connectivity index (χ3v) is 5.88. The highest BCUT2D eigenvalue weighted by Crippen LogP contribution is 2.31. The van der Waals surface area contributed by atoms with Crippen LogP contribution in [0.1, 0.15) is 37.8 Å². The van der Waals surface area contributed by atoms with E-state index in [9.17, 15) is 24.9 Å². The average molecular weight is 459 g/mol. The van der Waals surface area contributed by atoms with E-state index in [1.54, 1.807) is 56.3 Å². The smallest absolute Gasteiger partial charge is 0.336 e. The molecule has 2 unspecified atom stereocenters. The molecule has 1 aliphatic rings. The van der Waals surface area contributed by atoms with Crippen LogP contribution in [0.25, 0.3) is 0 Å². The molecule has 0 aromatic heterocycles. The first-order chi connectivity index (χ1) is 15.6. The first-order valence-corrected chi connectivity index (χ1v) is 10.9. The Morgan fingerprint density at radius 2 is 1.73 bits per heavy atom. The maximum atomic E-state index is 11.7. The number of rotatable bonds is 11. The monoisotopic (exact) mass is 458 g/mol. The van der Waals surface area contributed by atoms with Gasteiger partial charge in [0.25, 0.3) is 0 Å². The molecule has 8 nitrogen and oxygen atoms in total. The molecule has 2 atom stereocenters. The van der Waals surface area contributed by atoms with Crippen LogP contribution in [0.2, 0.25) is 0 Å². The molecular formula is C25H30O8. The van der Waals surface area contributed by atoms with E-state index in [0.29, 0.717) is 36.5 Å². The van der Waals surface area contributed by atoms with Crippen LogP contribution in [-0.4, -0.2) is 58.8 Å². The SMILES string of the molecule is CC(C)(C(=O)O)c1ccc(OCC(O)COc2cccc(CC3(C(=O)O)CCCO3)c2)cc1. The normalized spacial score (nSPS) is 19.1. The van der Waals surface area contributed by atoms with Crippen LogP contribution in [0, 0.1) is 0 Å². The largest absolute Gasteiger partial charge is 0.491 e. The molecule has 3 N–H and O–H groups in total. The highest BCUT2D eigenvalue weighted by Gasteiger charge is 2.43. The molecule has 1 heterocycles.